The van der Waals surface area contributed by atoms with Crippen LogP contribution in [0.5, 0.6) is 11.5 Å². The Bertz CT molecular complexity index is 316. The van der Waals surface area contributed by atoms with E-state index >= 15 is 0 Å². The van der Waals surface area contributed by atoms with Gasteiger partial charge in [-0.05, 0) is 45.2 Å². The molecule has 0 saturated carbocycles. The number of rotatable bonds is 2. The zero-order valence-corrected chi connectivity index (χ0v) is 9.81. The van der Waals surface area contributed by atoms with E-state index in [1.807, 2.05) is 39.2 Å². The molecule has 0 fully saturated rings. The summed E-state index contributed by atoms with van der Waals surface area (Å²) in [5.41, 5.74) is -0.283. The monoisotopic (exact) mass is 212 g/mol. The second kappa shape index (κ2) is 4.13. The number of phenolic OH excluding ortho intramolecular Hbond substituents is 1. The minimum absolute atomic E-state index is 0.192. The fourth-order valence-electron chi connectivity index (χ4n) is 1.03. The first-order chi connectivity index (χ1) is 6.42. The van der Waals surface area contributed by atoms with Crippen LogP contribution in [0.15, 0.2) is 23.1 Å². The van der Waals surface area contributed by atoms with Gasteiger partial charge in [0.1, 0.15) is 5.60 Å². The molecule has 1 N–H and O–H groups in total. The summed E-state index contributed by atoms with van der Waals surface area (Å²) in [5, 5.41) is 9.56. The van der Waals surface area contributed by atoms with Crippen molar-refractivity contribution in [1.82, 2.24) is 0 Å². The number of ether oxygens (including phenoxy) is 1. The zero-order valence-electron chi connectivity index (χ0n) is 9.00. The van der Waals surface area contributed by atoms with Crippen LogP contribution in [0.3, 0.4) is 0 Å². The summed E-state index contributed by atoms with van der Waals surface area (Å²) < 4.78 is 5.61. The first kappa shape index (κ1) is 11.2. The maximum atomic E-state index is 9.56. The van der Waals surface area contributed by atoms with Crippen molar-refractivity contribution in [1.29, 1.82) is 0 Å². The predicted molar refractivity (Wildman–Crippen MR) is 60.3 cm³/mol. The van der Waals surface area contributed by atoms with Gasteiger partial charge in [0.2, 0.25) is 0 Å². The first-order valence-corrected chi connectivity index (χ1v) is 5.71. The molecule has 2 nitrogen and oxygen atoms in total. The minimum Gasteiger partial charge on any atom is -0.504 e. The number of hydrogen-bond donors (Lipinski definition) is 1. The van der Waals surface area contributed by atoms with Crippen LogP contribution in [-0.2, 0) is 0 Å². The summed E-state index contributed by atoms with van der Waals surface area (Å²) in [7, 11) is 0. The van der Waals surface area contributed by atoms with Crippen molar-refractivity contribution in [3.05, 3.63) is 18.2 Å². The van der Waals surface area contributed by atoms with Crippen molar-refractivity contribution >= 4 is 11.8 Å². The quantitative estimate of drug-likeness (QED) is 0.763. The van der Waals surface area contributed by atoms with Crippen molar-refractivity contribution in [2.45, 2.75) is 31.3 Å². The Morgan fingerprint density at radius 1 is 1.29 bits per heavy atom. The van der Waals surface area contributed by atoms with E-state index in [2.05, 4.69) is 0 Å². The SMILES string of the molecule is CSc1ccc(O)c(OC(C)(C)C)c1. The predicted octanol–water partition coefficient (Wildman–Crippen LogP) is 3.29. The van der Waals surface area contributed by atoms with Crippen LogP contribution in [-0.4, -0.2) is 17.0 Å². The van der Waals surface area contributed by atoms with Crippen LogP contribution in [0.1, 0.15) is 20.8 Å². The van der Waals surface area contributed by atoms with E-state index < -0.39 is 0 Å². The fourth-order valence-corrected chi connectivity index (χ4v) is 1.46. The molecule has 0 radical (unpaired) electrons. The van der Waals surface area contributed by atoms with Gasteiger partial charge in [-0.15, -0.1) is 11.8 Å². The lowest BCUT2D eigenvalue weighted by Gasteiger charge is -2.22. The number of phenols is 1. The van der Waals surface area contributed by atoms with E-state index in [0.717, 1.165) is 4.90 Å². The third-order valence-electron chi connectivity index (χ3n) is 1.58. The highest BCUT2D eigenvalue weighted by molar-refractivity contribution is 7.98. The van der Waals surface area contributed by atoms with E-state index in [9.17, 15) is 5.11 Å². The maximum absolute atomic E-state index is 9.56. The molecule has 0 saturated heterocycles. The molecule has 0 bridgehead atoms. The maximum Gasteiger partial charge on any atom is 0.162 e. The van der Waals surface area contributed by atoms with E-state index in [4.69, 9.17) is 4.74 Å². The lowest BCUT2D eigenvalue weighted by Crippen LogP contribution is -2.22. The summed E-state index contributed by atoms with van der Waals surface area (Å²) in [6.45, 7) is 5.87. The molecule has 1 aromatic carbocycles. The minimum atomic E-state index is -0.283. The smallest absolute Gasteiger partial charge is 0.162 e. The Kier molecular flexibility index (Phi) is 3.32. The van der Waals surface area contributed by atoms with Crippen molar-refractivity contribution in [2.24, 2.45) is 0 Å². The van der Waals surface area contributed by atoms with Gasteiger partial charge in [-0.2, -0.15) is 0 Å². The number of hydrogen-bond acceptors (Lipinski definition) is 3. The van der Waals surface area contributed by atoms with Gasteiger partial charge in [0.25, 0.3) is 0 Å². The van der Waals surface area contributed by atoms with E-state index in [1.54, 1.807) is 17.8 Å². The van der Waals surface area contributed by atoms with Gasteiger partial charge in [-0.3, -0.25) is 0 Å². The standard InChI is InChI=1S/C11H16O2S/c1-11(2,3)13-10-7-8(14-4)5-6-9(10)12/h5-7,12H,1-4H3. The molecular formula is C11H16O2S. The van der Waals surface area contributed by atoms with E-state index in [0.29, 0.717) is 5.75 Å². The Morgan fingerprint density at radius 2 is 1.93 bits per heavy atom. The lowest BCUT2D eigenvalue weighted by molar-refractivity contribution is 0.125. The summed E-state index contributed by atoms with van der Waals surface area (Å²) in [4.78, 5) is 1.09. The van der Waals surface area contributed by atoms with Crippen molar-refractivity contribution < 1.29 is 9.84 Å². The highest BCUT2D eigenvalue weighted by Crippen LogP contribution is 2.32. The van der Waals surface area contributed by atoms with Crippen molar-refractivity contribution in [3.63, 3.8) is 0 Å². The lowest BCUT2D eigenvalue weighted by atomic mass is 10.2. The van der Waals surface area contributed by atoms with Crippen LogP contribution in [0.4, 0.5) is 0 Å². The van der Waals surface area contributed by atoms with Crippen LogP contribution in [0.2, 0.25) is 0 Å². The normalized spacial score (nSPS) is 11.4. The molecule has 1 rings (SSSR count). The van der Waals surface area contributed by atoms with Gasteiger partial charge in [-0.1, -0.05) is 0 Å². The highest BCUT2D eigenvalue weighted by Gasteiger charge is 2.14. The molecular weight excluding hydrogens is 196 g/mol. The molecule has 0 aliphatic carbocycles. The number of thioether (sulfide) groups is 1. The van der Waals surface area contributed by atoms with Gasteiger partial charge in [0.05, 0.1) is 0 Å². The third kappa shape index (κ3) is 3.14. The molecule has 0 unspecified atom stereocenters. The van der Waals surface area contributed by atoms with Crippen LogP contribution in [0.25, 0.3) is 0 Å². The fraction of sp³-hybridized carbons (Fsp3) is 0.455. The van der Waals surface area contributed by atoms with E-state index in [1.165, 1.54) is 0 Å². The van der Waals surface area contributed by atoms with Gasteiger partial charge >= 0.3 is 0 Å². The van der Waals surface area contributed by atoms with Crippen molar-refractivity contribution in [2.75, 3.05) is 6.26 Å². The van der Waals surface area contributed by atoms with Crippen molar-refractivity contribution in [3.8, 4) is 11.5 Å². The van der Waals surface area contributed by atoms with Crippen LogP contribution >= 0.6 is 11.8 Å². The number of benzene rings is 1. The Morgan fingerprint density at radius 3 is 2.43 bits per heavy atom. The Balaban J connectivity index is 2.95. The zero-order chi connectivity index (χ0) is 10.8. The molecule has 0 spiro atoms. The average Bonchev–Trinajstić information content (AvgIpc) is 2.06. The molecule has 0 aliphatic rings. The molecule has 0 amide bonds. The third-order valence-corrected chi connectivity index (χ3v) is 2.31. The first-order valence-electron chi connectivity index (χ1n) is 4.48. The summed E-state index contributed by atoms with van der Waals surface area (Å²) in [5.74, 6) is 0.738. The Hall–Kier alpha value is -0.830. The number of aromatic hydroxyl groups is 1. The molecule has 0 heterocycles. The molecule has 0 aromatic heterocycles. The summed E-state index contributed by atoms with van der Waals surface area (Å²) in [6.07, 6.45) is 1.99. The molecule has 0 atom stereocenters. The average molecular weight is 212 g/mol. The van der Waals surface area contributed by atoms with Gasteiger partial charge in [-0.25, -0.2) is 0 Å². The topological polar surface area (TPSA) is 29.5 Å². The van der Waals surface area contributed by atoms with Gasteiger partial charge in [0, 0.05) is 4.90 Å². The second-order valence-electron chi connectivity index (χ2n) is 4.05. The largest absolute Gasteiger partial charge is 0.504 e. The Labute approximate surface area is 89.3 Å². The summed E-state index contributed by atoms with van der Waals surface area (Å²) in [6, 6.07) is 5.38. The molecule has 78 valence electrons. The summed E-state index contributed by atoms with van der Waals surface area (Å²) >= 11 is 1.63. The molecule has 0 aliphatic heterocycles. The van der Waals surface area contributed by atoms with Gasteiger partial charge < -0.3 is 9.84 Å². The molecule has 1 aromatic rings. The highest BCUT2D eigenvalue weighted by atomic mass is 32.2. The van der Waals surface area contributed by atoms with Crippen LogP contribution < -0.4 is 4.74 Å². The second-order valence-corrected chi connectivity index (χ2v) is 4.93. The van der Waals surface area contributed by atoms with Crippen LogP contribution in [0, 0.1) is 0 Å². The van der Waals surface area contributed by atoms with Gasteiger partial charge in [0.15, 0.2) is 11.5 Å². The molecule has 14 heavy (non-hydrogen) atoms. The molecule has 3 heteroatoms. The van der Waals surface area contributed by atoms with E-state index in [-0.39, 0.29) is 11.4 Å².